The molecule has 0 heterocycles. The first-order valence-corrected chi connectivity index (χ1v) is 11.0. The molecule has 5 nitrogen and oxygen atoms in total. The second-order valence-electron chi connectivity index (χ2n) is 7.84. The number of nitrogens with one attached hydrogen (secondary N) is 1. The van der Waals surface area contributed by atoms with Crippen molar-refractivity contribution in [2.45, 2.75) is 51.6 Å². The predicted molar refractivity (Wildman–Crippen MR) is 121 cm³/mol. The van der Waals surface area contributed by atoms with Gasteiger partial charge < -0.3 is 14.8 Å². The fourth-order valence-corrected chi connectivity index (χ4v) is 3.65. The third-order valence-corrected chi connectivity index (χ3v) is 5.36. The van der Waals surface area contributed by atoms with E-state index >= 15 is 0 Å². The van der Waals surface area contributed by atoms with Crippen LogP contribution in [0.1, 0.15) is 50.2 Å². The molecule has 2 aromatic carbocycles. The van der Waals surface area contributed by atoms with E-state index in [1.54, 1.807) is 6.92 Å². The molecule has 0 aliphatic heterocycles. The van der Waals surface area contributed by atoms with E-state index in [0.29, 0.717) is 18.7 Å². The van der Waals surface area contributed by atoms with Crippen LogP contribution in [0.3, 0.4) is 0 Å². The van der Waals surface area contributed by atoms with Crippen molar-refractivity contribution in [2.24, 2.45) is 0 Å². The number of benzene rings is 2. The molecule has 164 valence electrons. The molecule has 3 rings (SSSR count). The van der Waals surface area contributed by atoms with E-state index in [4.69, 9.17) is 9.47 Å². The Morgan fingerprint density at radius 2 is 1.81 bits per heavy atom. The largest absolute Gasteiger partial charge is 0.482 e. The second-order valence-corrected chi connectivity index (χ2v) is 7.84. The van der Waals surface area contributed by atoms with Crippen molar-refractivity contribution >= 4 is 11.9 Å². The molecule has 0 aromatic heterocycles. The Hall–Kier alpha value is -3.08. The Morgan fingerprint density at radius 3 is 2.58 bits per heavy atom. The fourth-order valence-electron chi connectivity index (χ4n) is 3.65. The summed E-state index contributed by atoms with van der Waals surface area (Å²) in [6, 6.07) is 17.7. The van der Waals surface area contributed by atoms with Crippen LogP contribution in [-0.2, 0) is 20.7 Å². The molecular formula is C26H31NO4. The van der Waals surface area contributed by atoms with Crippen molar-refractivity contribution in [2.75, 3.05) is 13.2 Å². The van der Waals surface area contributed by atoms with Gasteiger partial charge in [-0.05, 0) is 56.2 Å². The van der Waals surface area contributed by atoms with Gasteiger partial charge in [-0.3, -0.25) is 4.79 Å². The highest BCUT2D eigenvalue weighted by atomic mass is 16.6. The zero-order chi connectivity index (χ0) is 21.9. The Bertz CT molecular complexity index is 891. The lowest BCUT2D eigenvalue weighted by Gasteiger charge is -2.16. The first kappa shape index (κ1) is 22.6. The zero-order valence-corrected chi connectivity index (χ0v) is 18.1. The first-order chi connectivity index (χ1) is 15.1. The van der Waals surface area contributed by atoms with E-state index in [0.717, 1.165) is 30.4 Å². The monoisotopic (exact) mass is 421 g/mol. The van der Waals surface area contributed by atoms with Crippen molar-refractivity contribution < 1.29 is 19.1 Å². The average molecular weight is 422 g/mol. The quantitative estimate of drug-likeness (QED) is 0.450. The Kier molecular flexibility index (Phi) is 8.71. The zero-order valence-electron chi connectivity index (χ0n) is 18.1. The molecule has 0 unspecified atom stereocenters. The Morgan fingerprint density at radius 1 is 1.03 bits per heavy atom. The average Bonchev–Trinajstić information content (AvgIpc) is 2.80. The summed E-state index contributed by atoms with van der Waals surface area (Å²) in [7, 11) is 0. The molecule has 0 saturated carbocycles. The number of allylic oxidation sites excluding steroid dienone is 1. The standard InChI is InChI=1S/C26H31NO4/c1-20(26(29)27-17-16-21-10-4-2-5-11-21)31-25(28)19-30-24-15-9-8-14-23(24)18-22-12-6-3-7-13-22/h3,6-10,12-15,20H,2,4-5,11,16-19H2,1H3,(H,27,29)/t20-/m0/s1. The number of para-hydroxylation sites is 1. The maximum Gasteiger partial charge on any atom is 0.344 e. The summed E-state index contributed by atoms with van der Waals surface area (Å²) in [5.41, 5.74) is 3.55. The molecule has 0 bridgehead atoms. The molecule has 31 heavy (non-hydrogen) atoms. The van der Waals surface area contributed by atoms with E-state index in [1.807, 2.05) is 42.5 Å². The molecule has 5 heteroatoms. The molecule has 0 radical (unpaired) electrons. The minimum Gasteiger partial charge on any atom is -0.482 e. The highest BCUT2D eigenvalue weighted by Crippen LogP contribution is 2.22. The molecule has 1 amide bonds. The van der Waals surface area contributed by atoms with E-state index in [1.165, 1.54) is 18.4 Å². The summed E-state index contributed by atoms with van der Waals surface area (Å²) in [6.07, 6.45) is 7.70. The van der Waals surface area contributed by atoms with Crippen LogP contribution in [0, 0.1) is 0 Å². The van der Waals surface area contributed by atoms with Crippen LogP contribution in [0.2, 0.25) is 0 Å². The van der Waals surface area contributed by atoms with E-state index in [9.17, 15) is 9.59 Å². The Labute approximate surface area is 184 Å². The number of hydrogen-bond donors (Lipinski definition) is 1. The third-order valence-electron chi connectivity index (χ3n) is 5.36. The molecule has 1 atom stereocenters. The SMILES string of the molecule is C[C@H](OC(=O)COc1ccccc1Cc1ccccc1)C(=O)NCCC1=CCCCC1. The molecule has 1 N–H and O–H groups in total. The second kappa shape index (κ2) is 11.9. The molecular weight excluding hydrogens is 390 g/mol. The maximum atomic E-state index is 12.2. The molecule has 1 aliphatic carbocycles. The van der Waals surface area contributed by atoms with Crippen LogP contribution >= 0.6 is 0 Å². The number of hydrogen-bond acceptors (Lipinski definition) is 4. The smallest absolute Gasteiger partial charge is 0.344 e. The van der Waals surface area contributed by atoms with E-state index < -0.39 is 12.1 Å². The number of esters is 1. The summed E-state index contributed by atoms with van der Waals surface area (Å²) in [5, 5.41) is 2.85. The first-order valence-electron chi connectivity index (χ1n) is 11.0. The lowest BCUT2D eigenvalue weighted by atomic mass is 9.97. The summed E-state index contributed by atoms with van der Waals surface area (Å²) in [6.45, 7) is 1.91. The lowest BCUT2D eigenvalue weighted by Crippen LogP contribution is -2.37. The molecule has 0 saturated heterocycles. The van der Waals surface area contributed by atoms with Crippen molar-refractivity contribution in [1.82, 2.24) is 5.32 Å². The van der Waals surface area contributed by atoms with Gasteiger partial charge in [-0.1, -0.05) is 60.2 Å². The van der Waals surface area contributed by atoms with Gasteiger partial charge in [0, 0.05) is 13.0 Å². The molecule has 2 aromatic rings. The minimum absolute atomic E-state index is 0.240. The summed E-state index contributed by atoms with van der Waals surface area (Å²) in [4.78, 5) is 24.4. The number of rotatable bonds is 10. The van der Waals surface area contributed by atoms with E-state index in [-0.39, 0.29) is 12.5 Å². The van der Waals surface area contributed by atoms with Crippen LogP contribution in [0.25, 0.3) is 0 Å². The summed E-state index contributed by atoms with van der Waals surface area (Å²) in [5.74, 6) is -0.206. The van der Waals surface area contributed by atoms with Crippen molar-refractivity contribution in [3.63, 3.8) is 0 Å². The van der Waals surface area contributed by atoms with Crippen LogP contribution in [0.15, 0.2) is 66.2 Å². The number of carbonyl (C=O) groups excluding carboxylic acids is 2. The van der Waals surface area contributed by atoms with Gasteiger partial charge in [-0.15, -0.1) is 0 Å². The van der Waals surface area contributed by atoms with Crippen LogP contribution < -0.4 is 10.1 Å². The fraction of sp³-hybridized carbons (Fsp3) is 0.385. The molecule has 0 fully saturated rings. The highest BCUT2D eigenvalue weighted by molar-refractivity contribution is 5.83. The van der Waals surface area contributed by atoms with Gasteiger partial charge in [0.2, 0.25) is 0 Å². The number of amides is 1. The van der Waals surface area contributed by atoms with Crippen LogP contribution in [0.5, 0.6) is 5.75 Å². The van der Waals surface area contributed by atoms with Crippen LogP contribution in [-0.4, -0.2) is 31.1 Å². The minimum atomic E-state index is -0.851. The predicted octanol–water partition coefficient (Wildman–Crippen LogP) is 4.59. The molecule has 0 spiro atoms. The number of ether oxygens (including phenoxy) is 2. The van der Waals surface area contributed by atoms with Gasteiger partial charge in [0.25, 0.3) is 5.91 Å². The van der Waals surface area contributed by atoms with Crippen molar-refractivity contribution in [3.8, 4) is 5.75 Å². The van der Waals surface area contributed by atoms with Crippen LogP contribution in [0.4, 0.5) is 0 Å². The maximum absolute atomic E-state index is 12.2. The van der Waals surface area contributed by atoms with Gasteiger partial charge >= 0.3 is 5.97 Å². The van der Waals surface area contributed by atoms with Gasteiger partial charge in [-0.25, -0.2) is 4.79 Å². The summed E-state index contributed by atoms with van der Waals surface area (Å²) < 4.78 is 10.9. The van der Waals surface area contributed by atoms with Crippen molar-refractivity contribution in [3.05, 3.63) is 77.4 Å². The highest BCUT2D eigenvalue weighted by Gasteiger charge is 2.18. The van der Waals surface area contributed by atoms with Crippen molar-refractivity contribution in [1.29, 1.82) is 0 Å². The number of carbonyl (C=O) groups is 2. The normalized spacial score (nSPS) is 14.3. The van der Waals surface area contributed by atoms with Gasteiger partial charge in [-0.2, -0.15) is 0 Å². The topological polar surface area (TPSA) is 64.6 Å². The Balaban J connectivity index is 1.42. The third kappa shape index (κ3) is 7.59. The summed E-state index contributed by atoms with van der Waals surface area (Å²) >= 11 is 0. The van der Waals surface area contributed by atoms with E-state index in [2.05, 4.69) is 23.5 Å². The lowest BCUT2D eigenvalue weighted by molar-refractivity contribution is -0.156. The van der Waals surface area contributed by atoms with Gasteiger partial charge in [0.1, 0.15) is 5.75 Å². The molecule has 1 aliphatic rings. The van der Waals surface area contributed by atoms with Gasteiger partial charge in [0.05, 0.1) is 0 Å². The van der Waals surface area contributed by atoms with Gasteiger partial charge in [0.15, 0.2) is 12.7 Å².